The third kappa shape index (κ3) is 8.48. The highest BCUT2D eigenvalue weighted by Crippen LogP contribution is 2.63. The lowest BCUT2D eigenvalue weighted by Gasteiger charge is -2.51. The lowest BCUT2D eigenvalue weighted by molar-refractivity contribution is -0.387. The smallest absolute Gasteiger partial charge is 0.330 e. The molecule has 7 rings (SSSR count). The van der Waals surface area contributed by atoms with Gasteiger partial charge in [0.15, 0.2) is 12.5 Å². The van der Waals surface area contributed by atoms with Gasteiger partial charge in [-0.05, 0) is 81.6 Å². The Morgan fingerprint density at radius 3 is 2.06 bits per heavy atom. The number of aromatic amines is 1. The topological polar surface area (TPSA) is 190 Å². The molecular weight excluding hydrogens is 842 g/mol. The summed E-state index contributed by atoms with van der Waals surface area (Å²) >= 11 is 0. The van der Waals surface area contributed by atoms with Crippen molar-refractivity contribution in [2.75, 3.05) is 27.4 Å². The number of para-hydroxylation sites is 1. The van der Waals surface area contributed by atoms with Crippen molar-refractivity contribution in [3.8, 4) is 17.6 Å². The SMILES string of the molecule is COc1ccc(C(c2ccccc2)(c2ccc(OC)cc2)[C@@]23CO[C@@H](c4ccccc4[N+](=O)[O-])O[C@@H]([C@H](n4cc(C)c(=O)[nH]c4=O)O2)[C@@H]3OP(OCCC#N)N(C(C)C)C(C)C)cc1. The Morgan fingerprint density at radius 1 is 0.922 bits per heavy atom. The molecule has 2 bridgehead atoms. The van der Waals surface area contributed by atoms with Crippen LogP contribution in [0.5, 0.6) is 11.5 Å². The summed E-state index contributed by atoms with van der Waals surface area (Å²) in [4.78, 5) is 41.7. The molecule has 0 amide bonds. The molecule has 1 aromatic heterocycles. The normalized spacial score (nSPS) is 21.4. The van der Waals surface area contributed by atoms with E-state index in [1.54, 1.807) is 39.3 Å². The highest BCUT2D eigenvalue weighted by molar-refractivity contribution is 7.44. The van der Waals surface area contributed by atoms with E-state index in [0.717, 1.165) is 5.56 Å². The van der Waals surface area contributed by atoms with Crippen LogP contribution in [0.15, 0.2) is 119 Å². The highest BCUT2D eigenvalue weighted by Gasteiger charge is 2.71. The summed E-state index contributed by atoms with van der Waals surface area (Å²) in [6.07, 6.45) is -3.83. The number of fused-ring (bicyclic) bond motifs is 2. The average Bonchev–Trinajstić information content (AvgIpc) is 3.49. The molecule has 0 spiro atoms. The molecule has 64 heavy (non-hydrogen) atoms. The Bertz CT molecular complexity index is 2510. The minimum atomic E-state index is -2.08. The van der Waals surface area contributed by atoms with Crippen LogP contribution in [0.1, 0.15) is 74.5 Å². The fourth-order valence-corrected chi connectivity index (χ4v) is 10.7. The molecule has 6 atom stereocenters. The molecule has 1 N–H and O–H groups in total. The number of hydrogen-bond acceptors (Lipinski definition) is 13. The molecule has 16 nitrogen and oxygen atoms in total. The van der Waals surface area contributed by atoms with E-state index in [1.807, 2.05) is 107 Å². The van der Waals surface area contributed by atoms with Crippen LogP contribution in [0.3, 0.4) is 0 Å². The van der Waals surface area contributed by atoms with Crippen molar-refractivity contribution >= 4 is 14.2 Å². The second-order valence-electron chi connectivity index (χ2n) is 16.1. The van der Waals surface area contributed by atoms with E-state index in [-0.39, 0.29) is 48.5 Å². The largest absolute Gasteiger partial charge is 0.497 e. The molecule has 1 unspecified atom stereocenters. The van der Waals surface area contributed by atoms with Crippen molar-refractivity contribution in [3.05, 3.63) is 168 Å². The van der Waals surface area contributed by atoms with E-state index in [4.69, 9.17) is 32.7 Å². The molecule has 17 heteroatoms. The van der Waals surface area contributed by atoms with Crippen molar-refractivity contribution in [2.45, 2.75) is 88.9 Å². The van der Waals surface area contributed by atoms with Gasteiger partial charge in [-0.3, -0.25) is 24.5 Å². The van der Waals surface area contributed by atoms with Crippen LogP contribution in [-0.2, 0) is 28.7 Å². The fourth-order valence-electron chi connectivity index (χ4n) is 8.96. The predicted octanol–water partition coefficient (Wildman–Crippen LogP) is 7.85. The van der Waals surface area contributed by atoms with Gasteiger partial charge in [-0.25, -0.2) is 9.46 Å². The van der Waals surface area contributed by atoms with Gasteiger partial charge in [-0.15, -0.1) is 0 Å². The zero-order chi connectivity index (χ0) is 45.8. The predicted molar refractivity (Wildman–Crippen MR) is 238 cm³/mol. The molecule has 2 saturated heterocycles. The number of aryl methyl sites for hydroxylation is 1. The number of methoxy groups -OCH3 is 2. The molecule has 0 saturated carbocycles. The number of nitriles is 1. The van der Waals surface area contributed by atoms with Crippen LogP contribution < -0.4 is 20.7 Å². The first kappa shape index (κ1) is 46.2. The van der Waals surface area contributed by atoms with Crippen molar-refractivity contribution in [1.29, 1.82) is 5.26 Å². The summed E-state index contributed by atoms with van der Waals surface area (Å²) in [5.41, 5.74) is -2.43. The molecule has 0 radical (unpaired) electrons. The van der Waals surface area contributed by atoms with Crippen molar-refractivity contribution in [2.24, 2.45) is 0 Å². The number of benzene rings is 4. The molecule has 5 aromatic rings. The lowest BCUT2D eigenvalue weighted by Crippen LogP contribution is -2.63. The average molecular weight is 894 g/mol. The third-order valence-corrected chi connectivity index (χ3v) is 13.8. The number of nitrogens with zero attached hydrogens (tertiary/aromatic N) is 4. The second-order valence-corrected chi connectivity index (χ2v) is 17.5. The molecule has 2 aliphatic rings. The quantitative estimate of drug-likeness (QED) is 0.0313. The minimum absolute atomic E-state index is 0.0301. The molecular formula is C47H52N5O11P. The van der Waals surface area contributed by atoms with Crippen molar-refractivity contribution in [1.82, 2.24) is 14.2 Å². The highest BCUT2D eigenvalue weighted by atomic mass is 31.2. The number of H-pyrrole nitrogens is 1. The van der Waals surface area contributed by atoms with E-state index in [1.165, 1.54) is 16.8 Å². The molecule has 0 aliphatic carbocycles. The van der Waals surface area contributed by atoms with Gasteiger partial charge in [0.1, 0.15) is 29.3 Å². The van der Waals surface area contributed by atoms with Gasteiger partial charge in [0.05, 0.1) is 55.8 Å². The first-order chi connectivity index (χ1) is 30.8. The van der Waals surface area contributed by atoms with Crippen LogP contribution in [0.2, 0.25) is 0 Å². The van der Waals surface area contributed by atoms with Crippen molar-refractivity contribution < 1.29 is 37.7 Å². The van der Waals surface area contributed by atoms with Gasteiger partial charge in [-0.1, -0.05) is 66.7 Å². The molecule has 3 heterocycles. The lowest BCUT2D eigenvalue weighted by atomic mass is 9.57. The van der Waals surface area contributed by atoms with Gasteiger partial charge in [-0.2, -0.15) is 5.26 Å². The summed E-state index contributed by atoms with van der Waals surface area (Å²) in [6.45, 7) is 9.30. The molecule has 4 aromatic carbocycles. The van der Waals surface area contributed by atoms with E-state index >= 15 is 0 Å². The molecule has 336 valence electrons. The zero-order valence-electron chi connectivity index (χ0n) is 36.7. The van der Waals surface area contributed by atoms with Crippen LogP contribution in [0, 0.1) is 28.4 Å². The Balaban J connectivity index is 1.64. The Labute approximate surface area is 372 Å². The van der Waals surface area contributed by atoms with Crippen LogP contribution in [-0.4, -0.2) is 76.5 Å². The summed E-state index contributed by atoms with van der Waals surface area (Å²) in [7, 11) is 1.07. The van der Waals surface area contributed by atoms with Gasteiger partial charge in [0.25, 0.3) is 19.8 Å². The van der Waals surface area contributed by atoms with Gasteiger partial charge >= 0.3 is 5.69 Å². The second kappa shape index (κ2) is 19.5. The maximum absolute atomic E-state index is 14.2. The summed E-state index contributed by atoms with van der Waals surface area (Å²) < 4.78 is 50.3. The van der Waals surface area contributed by atoms with Gasteiger partial charge in [0, 0.05) is 29.9 Å². The monoisotopic (exact) mass is 893 g/mol. The van der Waals surface area contributed by atoms with E-state index < -0.39 is 60.4 Å². The number of aromatic nitrogens is 2. The summed E-state index contributed by atoms with van der Waals surface area (Å²) in [5, 5.41) is 22.3. The third-order valence-electron chi connectivity index (χ3n) is 11.7. The fraction of sp³-hybridized carbons (Fsp3) is 0.383. The van der Waals surface area contributed by atoms with Crippen LogP contribution >= 0.6 is 8.53 Å². The molecule has 2 aliphatic heterocycles. The van der Waals surface area contributed by atoms with Crippen molar-refractivity contribution in [3.63, 3.8) is 0 Å². The number of hydrogen-bond donors (Lipinski definition) is 1. The van der Waals surface area contributed by atoms with Gasteiger partial charge < -0.3 is 32.7 Å². The Morgan fingerprint density at radius 2 is 1.50 bits per heavy atom. The number of nitrogens with one attached hydrogen (secondary N) is 1. The van der Waals surface area contributed by atoms with Crippen LogP contribution in [0.25, 0.3) is 0 Å². The van der Waals surface area contributed by atoms with Gasteiger partial charge in [0.2, 0.25) is 0 Å². The Kier molecular flexibility index (Phi) is 14.1. The van der Waals surface area contributed by atoms with E-state index in [0.29, 0.717) is 22.6 Å². The zero-order valence-corrected chi connectivity index (χ0v) is 37.6. The number of nitro benzene ring substituents is 1. The summed E-state index contributed by atoms with van der Waals surface area (Å²) in [5.74, 6) is 1.17. The number of ether oxygens (including phenoxy) is 5. The number of rotatable bonds is 17. The maximum Gasteiger partial charge on any atom is 0.330 e. The standard InChI is InChI=1S/C47H52N5O11P/c1-30(2)51(31(3)4)64(60-27-13-26-48)63-41-40-43(50-28-32(5)42(53)49-45(50)54)62-46(41,29-59-44(61-40)38-16-11-12-17-39(38)52(55)56)47(33-14-9-8-10-15-33,34-18-22-36(57-6)23-19-34)35-20-24-37(58-7)25-21-35/h8-12,14-25,28,30-31,40-41,43-44H,13,27,29H2,1-7H3,(H,49,53,54)/t40-,41+,43-,44-,46+,64?/m1/s1. The van der Waals surface area contributed by atoms with E-state index in [9.17, 15) is 25.0 Å². The first-order valence-electron chi connectivity index (χ1n) is 20.9. The number of nitro groups is 1. The first-order valence-corrected chi connectivity index (χ1v) is 22.0. The Hall–Kier alpha value is -5.76. The van der Waals surface area contributed by atoms with E-state index in [2.05, 4.69) is 15.7 Å². The van der Waals surface area contributed by atoms with Crippen LogP contribution in [0.4, 0.5) is 5.69 Å². The minimum Gasteiger partial charge on any atom is -0.497 e. The molecule has 2 fully saturated rings. The maximum atomic E-state index is 14.2. The summed E-state index contributed by atoms with van der Waals surface area (Å²) in [6, 6.07) is 32.7.